The number of carboxylic acid groups (broad SMARTS) is 1. The molecule has 0 aromatic heterocycles. The number of hydrogen-bond donors (Lipinski definition) is 2. The number of amides is 2. The zero-order valence-corrected chi connectivity index (χ0v) is 15.2. The highest BCUT2D eigenvalue weighted by Gasteiger charge is 2.43. The predicted molar refractivity (Wildman–Crippen MR) is 91.2 cm³/mol. The quantitative estimate of drug-likeness (QED) is 0.765. The predicted octanol–water partition coefficient (Wildman–Crippen LogP) is 1.22. The van der Waals surface area contributed by atoms with Crippen molar-refractivity contribution in [2.75, 3.05) is 0 Å². The maximum Gasteiger partial charge on any atom is 0.326 e. The van der Waals surface area contributed by atoms with Gasteiger partial charge in [-0.05, 0) is 44.4 Å². The Bertz CT molecular complexity index is 889. The van der Waals surface area contributed by atoms with Crippen LogP contribution in [0, 0.1) is 5.92 Å². The van der Waals surface area contributed by atoms with Gasteiger partial charge >= 0.3 is 5.97 Å². The molecule has 9 heteroatoms. The average molecular weight is 380 g/mol. The molecule has 1 fully saturated rings. The molecule has 26 heavy (non-hydrogen) atoms. The van der Waals surface area contributed by atoms with Crippen LogP contribution in [0.25, 0.3) is 0 Å². The molecular weight excluding hydrogens is 360 g/mol. The fourth-order valence-corrected chi connectivity index (χ4v) is 4.84. The summed E-state index contributed by atoms with van der Waals surface area (Å²) < 4.78 is 25.9. The summed E-state index contributed by atoms with van der Waals surface area (Å²) >= 11 is 0. The van der Waals surface area contributed by atoms with Crippen LogP contribution >= 0.6 is 0 Å². The number of rotatable bonds is 6. The number of carbonyl (C=O) groups excluding carboxylic acids is 2. The van der Waals surface area contributed by atoms with Gasteiger partial charge in [0, 0.05) is 11.6 Å². The number of sulfonamides is 1. The average Bonchev–Trinajstić information content (AvgIpc) is 3.33. The van der Waals surface area contributed by atoms with E-state index in [2.05, 4.69) is 5.32 Å². The maximum atomic E-state index is 12.6. The molecule has 0 saturated heterocycles. The van der Waals surface area contributed by atoms with Crippen LogP contribution in [-0.2, 0) is 14.8 Å². The molecule has 1 aromatic carbocycles. The Labute approximate surface area is 151 Å². The van der Waals surface area contributed by atoms with E-state index in [1.807, 2.05) is 0 Å². The molecule has 0 bridgehead atoms. The van der Waals surface area contributed by atoms with Crippen molar-refractivity contribution in [1.29, 1.82) is 0 Å². The Morgan fingerprint density at radius 2 is 1.96 bits per heavy atom. The number of fused-ring (bicyclic) bond motifs is 1. The minimum Gasteiger partial charge on any atom is -0.480 e. The van der Waals surface area contributed by atoms with Gasteiger partial charge in [0.05, 0.1) is 5.56 Å². The summed E-state index contributed by atoms with van der Waals surface area (Å²) in [6.45, 7) is 3.18. The topological polar surface area (TPSA) is 121 Å². The van der Waals surface area contributed by atoms with Gasteiger partial charge in [-0.25, -0.2) is 17.5 Å². The summed E-state index contributed by atoms with van der Waals surface area (Å²) in [5, 5.41) is 11.7. The highest BCUT2D eigenvalue weighted by atomic mass is 32.2. The van der Waals surface area contributed by atoms with Crippen molar-refractivity contribution in [2.24, 2.45) is 5.92 Å². The molecule has 2 N–H and O–H groups in total. The van der Waals surface area contributed by atoms with Crippen LogP contribution in [0.15, 0.2) is 23.1 Å². The Balaban J connectivity index is 1.87. The van der Waals surface area contributed by atoms with Crippen molar-refractivity contribution < 1.29 is 27.9 Å². The fourth-order valence-electron chi connectivity index (χ4n) is 3.05. The van der Waals surface area contributed by atoms with E-state index in [1.54, 1.807) is 13.8 Å². The standard InChI is InChI=1S/C17H20N2O6S/c1-9(2)19-16(21)12-6-5-11(8-14(12)26(19,24)25)15(20)18-13(17(22)23)7-10-3-4-10/h5-6,8-10,13H,3-4,7H2,1-2H3,(H,18,20)(H,22,23). The summed E-state index contributed by atoms with van der Waals surface area (Å²) in [4.78, 5) is 35.8. The second kappa shape index (κ2) is 6.39. The Morgan fingerprint density at radius 3 is 2.50 bits per heavy atom. The third kappa shape index (κ3) is 3.18. The second-order valence-corrected chi connectivity index (χ2v) is 8.74. The number of carbonyl (C=O) groups is 3. The van der Waals surface area contributed by atoms with Gasteiger partial charge < -0.3 is 10.4 Å². The van der Waals surface area contributed by atoms with E-state index in [1.165, 1.54) is 12.1 Å². The number of nitrogens with one attached hydrogen (secondary N) is 1. The van der Waals surface area contributed by atoms with Crippen molar-refractivity contribution >= 4 is 27.8 Å². The first-order valence-electron chi connectivity index (χ1n) is 8.39. The maximum absolute atomic E-state index is 12.6. The van der Waals surface area contributed by atoms with Crippen molar-refractivity contribution in [3.8, 4) is 0 Å². The lowest BCUT2D eigenvalue weighted by Gasteiger charge is -2.18. The highest BCUT2D eigenvalue weighted by molar-refractivity contribution is 7.90. The van der Waals surface area contributed by atoms with Crippen LogP contribution in [0.1, 0.15) is 53.8 Å². The molecule has 1 atom stereocenters. The van der Waals surface area contributed by atoms with E-state index in [-0.39, 0.29) is 16.0 Å². The third-order valence-electron chi connectivity index (χ3n) is 4.55. The molecule has 1 saturated carbocycles. The Morgan fingerprint density at radius 1 is 1.31 bits per heavy atom. The molecule has 1 aromatic rings. The Hall–Kier alpha value is -2.42. The van der Waals surface area contributed by atoms with Crippen molar-refractivity contribution in [3.63, 3.8) is 0 Å². The Kier molecular flexibility index (Phi) is 4.51. The molecule has 8 nitrogen and oxygen atoms in total. The van der Waals surface area contributed by atoms with E-state index < -0.39 is 39.9 Å². The summed E-state index contributed by atoms with van der Waals surface area (Å²) in [5.41, 5.74) is 0.0239. The summed E-state index contributed by atoms with van der Waals surface area (Å²) in [6.07, 6.45) is 2.25. The van der Waals surface area contributed by atoms with Crippen LogP contribution < -0.4 is 5.32 Å². The van der Waals surface area contributed by atoms with Gasteiger partial charge in [0.2, 0.25) is 0 Å². The number of aliphatic carboxylic acids is 1. The first-order valence-corrected chi connectivity index (χ1v) is 9.83. The van der Waals surface area contributed by atoms with Gasteiger partial charge in [0.25, 0.3) is 21.8 Å². The first-order chi connectivity index (χ1) is 12.1. The minimum absolute atomic E-state index is 0.00720. The minimum atomic E-state index is -4.02. The van der Waals surface area contributed by atoms with Gasteiger partial charge in [-0.15, -0.1) is 0 Å². The van der Waals surface area contributed by atoms with E-state index >= 15 is 0 Å². The molecule has 2 aliphatic rings. The van der Waals surface area contributed by atoms with Gasteiger partial charge in [-0.3, -0.25) is 9.59 Å². The fraction of sp³-hybridized carbons (Fsp3) is 0.471. The largest absolute Gasteiger partial charge is 0.480 e. The van der Waals surface area contributed by atoms with E-state index in [9.17, 15) is 27.9 Å². The number of hydrogen-bond acceptors (Lipinski definition) is 5. The molecule has 0 spiro atoms. The SMILES string of the molecule is CC(C)N1C(=O)c2ccc(C(=O)NC(CC3CC3)C(=O)O)cc2S1(=O)=O. The van der Waals surface area contributed by atoms with E-state index in [0.717, 1.165) is 23.2 Å². The van der Waals surface area contributed by atoms with E-state index in [0.29, 0.717) is 12.3 Å². The molecular formula is C17H20N2O6S. The summed E-state index contributed by atoms with van der Waals surface area (Å²) in [6, 6.07) is 2.20. The zero-order chi connectivity index (χ0) is 19.2. The first kappa shape index (κ1) is 18.4. The van der Waals surface area contributed by atoms with Crippen LogP contribution in [0.2, 0.25) is 0 Å². The number of benzene rings is 1. The molecule has 2 amide bonds. The normalized spacial score (nSPS) is 19.3. The van der Waals surface area contributed by atoms with Gasteiger partial charge in [0.15, 0.2) is 0 Å². The molecule has 1 unspecified atom stereocenters. The second-order valence-electron chi connectivity index (χ2n) is 6.95. The number of carboxylic acids is 1. The lowest BCUT2D eigenvalue weighted by atomic mass is 10.1. The summed E-state index contributed by atoms with van der Waals surface area (Å²) in [5.74, 6) is -2.13. The molecule has 3 rings (SSSR count). The van der Waals surface area contributed by atoms with Gasteiger partial charge in [-0.1, -0.05) is 12.8 Å². The molecule has 1 aliphatic carbocycles. The lowest BCUT2D eigenvalue weighted by Crippen LogP contribution is -2.41. The van der Waals surface area contributed by atoms with Crippen molar-refractivity contribution in [1.82, 2.24) is 9.62 Å². The smallest absolute Gasteiger partial charge is 0.326 e. The molecule has 140 valence electrons. The van der Waals surface area contributed by atoms with Crippen LogP contribution in [0.5, 0.6) is 0 Å². The van der Waals surface area contributed by atoms with Crippen LogP contribution in [0.3, 0.4) is 0 Å². The molecule has 1 aliphatic heterocycles. The van der Waals surface area contributed by atoms with Gasteiger partial charge in [-0.2, -0.15) is 0 Å². The lowest BCUT2D eigenvalue weighted by molar-refractivity contribution is -0.139. The van der Waals surface area contributed by atoms with E-state index in [4.69, 9.17) is 0 Å². The van der Waals surface area contributed by atoms with Crippen LogP contribution in [-0.4, -0.2) is 47.7 Å². The summed E-state index contributed by atoms with van der Waals surface area (Å²) in [7, 11) is -4.02. The zero-order valence-electron chi connectivity index (χ0n) is 14.4. The van der Waals surface area contributed by atoms with Gasteiger partial charge in [0.1, 0.15) is 10.9 Å². The number of nitrogens with zero attached hydrogens (tertiary/aromatic N) is 1. The molecule has 1 heterocycles. The molecule has 0 radical (unpaired) electrons. The van der Waals surface area contributed by atoms with Crippen molar-refractivity contribution in [2.45, 2.75) is 50.1 Å². The van der Waals surface area contributed by atoms with Crippen LogP contribution in [0.4, 0.5) is 0 Å². The monoisotopic (exact) mass is 380 g/mol. The van der Waals surface area contributed by atoms with Crippen molar-refractivity contribution in [3.05, 3.63) is 29.3 Å². The third-order valence-corrected chi connectivity index (χ3v) is 6.55. The highest BCUT2D eigenvalue weighted by Crippen LogP contribution is 2.34.